The van der Waals surface area contributed by atoms with E-state index in [1.807, 2.05) is 0 Å². The van der Waals surface area contributed by atoms with Gasteiger partial charge in [-0.15, -0.1) is 0 Å². The SMILES string of the molecule is CC1(O)C(O)C(O)C(O)C(O)C1O. The van der Waals surface area contributed by atoms with Crippen molar-refractivity contribution in [3.63, 3.8) is 0 Å². The summed E-state index contributed by atoms with van der Waals surface area (Å²) >= 11 is 0. The Bertz CT molecular complexity index is 175. The zero-order valence-electron chi connectivity index (χ0n) is 7.07. The molecule has 0 aliphatic heterocycles. The molecule has 0 saturated heterocycles. The van der Waals surface area contributed by atoms with Crippen LogP contribution in [-0.4, -0.2) is 66.8 Å². The fraction of sp³-hybridized carbons (Fsp3) is 1.00. The van der Waals surface area contributed by atoms with Crippen molar-refractivity contribution < 1.29 is 30.6 Å². The molecule has 0 aromatic heterocycles. The Morgan fingerprint density at radius 1 is 0.769 bits per heavy atom. The van der Waals surface area contributed by atoms with Gasteiger partial charge in [-0.3, -0.25) is 0 Å². The van der Waals surface area contributed by atoms with Crippen LogP contribution in [0.4, 0.5) is 0 Å². The number of hydrogen-bond donors (Lipinski definition) is 6. The second kappa shape index (κ2) is 3.16. The normalized spacial score (nSPS) is 57.9. The topological polar surface area (TPSA) is 121 Å². The molecule has 1 aliphatic rings. The largest absolute Gasteiger partial charge is 0.387 e. The average molecular weight is 194 g/mol. The number of hydrogen-bond acceptors (Lipinski definition) is 6. The van der Waals surface area contributed by atoms with Crippen LogP contribution in [0.3, 0.4) is 0 Å². The molecule has 4 unspecified atom stereocenters. The molecule has 1 fully saturated rings. The highest BCUT2D eigenvalue weighted by molar-refractivity contribution is 5.05. The zero-order chi connectivity index (χ0) is 10.4. The molecule has 13 heavy (non-hydrogen) atoms. The molecule has 0 spiro atoms. The fourth-order valence-electron chi connectivity index (χ4n) is 1.44. The molecule has 6 N–H and O–H groups in total. The van der Waals surface area contributed by atoms with Gasteiger partial charge in [0.2, 0.25) is 0 Å². The van der Waals surface area contributed by atoms with Gasteiger partial charge in [0, 0.05) is 0 Å². The van der Waals surface area contributed by atoms with Crippen LogP contribution in [0.1, 0.15) is 6.92 Å². The average Bonchev–Trinajstić information content (AvgIpc) is 2.09. The van der Waals surface area contributed by atoms with Crippen molar-refractivity contribution in [1.82, 2.24) is 0 Å². The molecule has 6 heteroatoms. The molecule has 0 amide bonds. The maximum atomic E-state index is 9.44. The third kappa shape index (κ3) is 1.45. The third-order valence-electron chi connectivity index (χ3n) is 2.54. The highest BCUT2D eigenvalue weighted by atomic mass is 16.4. The second-order valence-corrected chi connectivity index (χ2v) is 3.59. The Hall–Kier alpha value is -0.240. The maximum absolute atomic E-state index is 9.44. The van der Waals surface area contributed by atoms with E-state index in [4.69, 9.17) is 15.3 Å². The molecule has 6 nitrogen and oxygen atoms in total. The summed E-state index contributed by atoms with van der Waals surface area (Å²) in [5.74, 6) is 0. The first-order valence-corrected chi connectivity index (χ1v) is 3.93. The first-order chi connectivity index (χ1) is 5.80. The molecule has 0 radical (unpaired) electrons. The summed E-state index contributed by atoms with van der Waals surface area (Å²) in [6, 6.07) is 0. The molecule has 78 valence electrons. The van der Waals surface area contributed by atoms with E-state index in [-0.39, 0.29) is 0 Å². The smallest absolute Gasteiger partial charge is 0.119 e. The van der Waals surface area contributed by atoms with E-state index >= 15 is 0 Å². The molecule has 0 aromatic carbocycles. The Balaban J connectivity index is 2.93. The van der Waals surface area contributed by atoms with Gasteiger partial charge >= 0.3 is 0 Å². The van der Waals surface area contributed by atoms with Crippen LogP contribution in [0.5, 0.6) is 0 Å². The fourth-order valence-corrected chi connectivity index (χ4v) is 1.44. The van der Waals surface area contributed by atoms with E-state index in [1.54, 1.807) is 0 Å². The van der Waals surface area contributed by atoms with Crippen LogP contribution in [0, 0.1) is 0 Å². The van der Waals surface area contributed by atoms with E-state index in [1.165, 1.54) is 0 Å². The van der Waals surface area contributed by atoms with Crippen molar-refractivity contribution in [2.45, 2.75) is 43.0 Å². The van der Waals surface area contributed by atoms with Crippen LogP contribution >= 0.6 is 0 Å². The van der Waals surface area contributed by atoms with Crippen LogP contribution in [0.15, 0.2) is 0 Å². The van der Waals surface area contributed by atoms with Crippen molar-refractivity contribution in [2.24, 2.45) is 0 Å². The minimum absolute atomic E-state index is 1.07. The summed E-state index contributed by atoms with van der Waals surface area (Å²) in [5, 5.41) is 55.3. The highest BCUT2D eigenvalue weighted by Gasteiger charge is 2.54. The van der Waals surface area contributed by atoms with Crippen molar-refractivity contribution in [1.29, 1.82) is 0 Å². The summed E-state index contributed by atoms with van der Waals surface area (Å²) < 4.78 is 0. The summed E-state index contributed by atoms with van der Waals surface area (Å²) in [4.78, 5) is 0. The van der Waals surface area contributed by atoms with Gasteiger partial charge < -0.3 is 30.6 Å². The van der Waals surface area contributed by atoms with Crippen LogP contribution in [0.25, 0.3) is 0 Å². The standard InChI is InChI=1S/C7H14O6/c1-7(13)5(11)3(9)2(8)4(10)6(7)12/h2-6,8-13H,1H3. The van der Waals surface area contributed by atoms with Crippen molar-refractivity contribution >= 4 is 0 Å². The number of aliphatic hydroxyl groups is 6. The molecule has 4 atom stereocenters. The van der Waals surface area contributed by atoms with E-state index in [2.05, 4.69) is 0 Å². The minimum Gasteiger partial charge on any atom is -0.387 e. The lowest BCUT2D eigenvalue weighted by Crippen LogP contribution is -2.69. The minimum atomic E-state index is -2.03. The Labute approximate surface area is 74.7 Å². The first-order valence-electron chi connectivity index (χ1n) is 3.93. The molecule has 0 bridgehead atoms. The van der Waals surface area contributed by atoms with E-state index < -0.39 is 36.1 Å². The van der Waals surface area contributed by atoms with Crippen molar-refractivity contribution in [2.75, 3.05) is 0 Å². The molecule has 1 aliphatic carbocycles. The highest BCUT2D eigenvalue weighted by Crippen LogP contribution is 2.29. The molecular weight excluding hydrogens is 180 g/mol. The third-order valence-corrected chi connectivity index (χ3v) is 2.54. The van der Waals surface area contributed by atoms with Gasteiger partial charge in [0.05, 0.1) is 0 Å². The molecule has 1 rings (SSSR count). The summed E-state index contributed by atoms with van der Waals surface area (Å²) in [7, 11) is 0. The number of rotatable bonds is 0. The molecule has 0 heterocycles. The van der Waals surface area contributed by atoms with Crippen LogP contribution < -0.4 is 0 Å². The van der Waals surface area contributed by atoms with E-state index in [0.717, 1.165) is 6.92 Å². The lowest BCUT2D eigenvalue weighted by Gasteiger charge is -2.45. The van der Waals surface area contributed by atoms with Gasteiger partial charge in [0.25, 0.3) is 0 Å². The lowest BCUT2D eigenvalue weighted by atomic mass is 9.76. The summed E-state index contributed by atoms with van der Waals surface area (Å²) in [6.45, 7) is 1.07. The molecule has 0 aromatic rings. The predicted molar refractivity (Wildman–Crippen MR) is 40.7 cm³/mol. The predicted octanol–water partition coefficient (Wildman–Crippen LogP) is -3.44. The monoisotopic (exact) mass is 194 g/mol. The lowest BCUT2D eigenvalue weighted by molar-refractivity contribution is -0.261. The first kappa shape index (κ1) is 10.8. The van der Waals surface area contributed by atoms with Gasteiger partial charge in [-0.1, -0.05) is 0 Å². The summed E-state index contributed by atoms with van der Waals surface area (Å²) in [6.07, 6.45) is -8.39. The van der Waals surface area contributed by atoms with Gasteiger partial charge in [-0.05, 0) is 6.92 Å². The van der Waals surface area contributed by atoms with Gasteiger partial charge in [-0.25, -0.2) is 0 Å². The van der Waals surface area contributed by atoms with Crippen molar-refractivity contribution in [3.8, 4) is 0 Å². The Kier molecular flexibility index (Phi) is 2.63. The zero-order valence-corrected chi connectivity index (χ0v) is 7.07. The quantitative estimate of drug-likeness (QED) is 0.238. The second-order valence-electron chi connectivity index (χ2n) is 3.59. The number of aliphatic hydroxyl groups excluding tert-OH is 5. The summed E-state index contributed by atoms with van der Waals surface area (Å²) in [5.41, 5.74) is -2.03. The van der Waals surface area contributed by atoms with Gasteiger partial charge in [-0.2, -0.15) is 0 Å². The van der Waals surface area contributed by atoms with Gasteiger partial charge in [0.1, 0.15) is 36.1 Å². The Morgan fingerprint density at radius 3 is 1.38 bits per heavy atom. The molecule has 1 saturated carbocycles. The van der Waals surface area contributed by atoms with Crippen LogP contribution in [0.2, 0.25) is 0 Å². The van der Waals surface area contributed by atoms with Gasteiger partial charge in [0.15, 0.2) is 0 Å². The van der Waals surface area contributed by atoms with E-state index in [0.29, 0.717) is 0 Å². The van der Waals surface area contributed by atoms with E-state index in [9.17, 15) is 15.3 Å². The molecular formula is C7H14O6. The Morgan fingerprint density at radius 2 is 1.08 bits per heavy atom. The van der Waals surface area contributed by atoms with Crippen molar-refractivity contribution in [3.05, 3.63) is 0 Å². The maximum Gasteiger partial charge on any atom is 0.119 e. The van der Waals surface area contributed by atoms with Crippen LogP contribution in [-0.2, 0) is 0 Å².